The quantitative estimate of drug-likeness (QED) is 0.393. The molecule has 0 aliphatic carbocycles. The number of benzene rings is 2. The molecule has 6 heteroatoms. The van der Waals surface area contributed by atoms with Gasteiger partial charge in [-0.1, -0.05) is 63.4 Å². The second kappa shape index (κ2) is 8.23. The Morgan fingerprint density at radius 3 is 2.44 bits per heavy atom. The molecule has 0 spiro atoms. The van der Waals surface area contributed by atoms with Crippen molar-refractivity contribution in [2.75, 3.05) is 0 Å². The highest BCUT2D eigenvalue weighted by molar-refractivity contribution is 7.85. The molecule has 3 aromatic rings. The van der Waals surface area contributed by atoms with E-state index in [0.717, 1.165) is 43.2 Å². The number of nitrogens with zero attached hydrogens (tertiary/aromatic N) is 1. The van der Waals surface area contributed by atoms with Crippen LogP contribution in [0.4, 0.5) is 0 Å². The van der Waals surface area contributed by atoms with E-state index in [-0.39, 0.29) is 10.8 Å². The molecule has 0 saturated carbocycles. The summed E-state index contributed by atoms with van der Waals surface area (Å²) in [4.78, 5) is 7.99. The maximum Gasteiger partial charge on any atom is 0.294 e. The highest BCUT2D eigenvalue weighted by atomic mass is 32.2. The van der Waals surface area contributed by atoms with Crippen molar-refractivity contribution in [3.63, 3.8) is 0 Å². The minimum Gasteiger partial charge on any atom is -0.338 e. The lowest BCUT2D eigenvalue weighted by molar-refractivity contribution is 0.478. The van der Waals surface area contributed by atoms with Gasteiger partial charge in [0.1, 0.15) is 5.82 Å². The monoisotopic (exact) mass is 386 g/mol. The second-order valence-electron chi connectivity index (χ2n) is 6.90. The summed E-state index contributed by atoms with van der Waals surface area (Å²) in [6.45, 7) is 4.19. The molecule has 1 aromatic heterocycles. The molecule has 27 heavy (non-hydrogen) atoms. The number of nitrogens with one attached hydrogen (secondary N) is 1. The Bertz CT molecular complexity index is 1010. The van der Waals surface area contributed by atoms with E-state index in [4.69, 9.17) is 4.98 Å². The minimum atomic E-state index is -4.32. The molecule has 0 bridgehead atoms. The molecule has 0 aliphatic rings. The largest absolute Gasteiger partial charge is 0.338 e. The van der Waals surface area contributed by atoms with Crippen LogP contribution in [0.15, 0.2) is 47.4 Å². The Labute approximate surface area is 160 Å². The van der Waals surface area contributed by atoms with Crippen LogP contribution in [0.25, 0.3) is 22.4 Å². The van der Waals surface area contributed by atoms with Gasteiger partial charge in [-0.3, -0.25) is 4.55 Å². The highest BCUT2D eigenvalue weighted by Gasteiger charge is 2.25. The lowest BCUT2D eigenvalue weighted by Gasteiger charge is -2.18. The molecule has 0 radical (unpaired) electrons. The molecule has 1 atom stereocenters. The number of hydrogen-bond acceptors (Lipinski definition) is 3. The summed E-state index contributed by atoms with van der Waals surface area (Å²) >= 11 is 0. The highest BCUT2D eigenvalue weighted by Crippen LogP contribution is 2.36. The smallest absolute Gasteiger partial charge is 0.294 e. The number of hydrogen-bond donors (Lipinski definition) is 2. The number of fused-ring (bicyclic) bond motifs is 1. The molecule has 0 aliphatic heterocycles. The standard InChI is InChI=1S/C21H26N2O3S/c1-3-5-7-10-15(4-2)19-18(27(24,25)26)14-13-17-20(19)23-21(22-17)16-11-8-6-9-12-16/h6,8-9,11-15H,3-5,7,10H2,1-2H3,(H,22,23)(H,24,25,26). The van der Waals surface area contributed by atoms with E-state index in [1.807, 2.05) is 37.3 Å². The number of imidazole rings is 1. The summed E-state index contributed by atoms with van der Waals surface area (Å²) in [6, 6.07) is 12.9. The van der Waals surface area contributed by atoms with Crippen molar-refractivity contribution in [3.8, 4) is 11.4 Å². The number of aromatic amines is 1. The average Bonchev–Trinajstić information content (AvgIpc) is 3.09. The van der Waals surface area contributed by atoms with Gasteiger partial charge in [-0.05, 0) is 30.9 Å². The SMILES string of the molecule is CCCCCC(CC)c1c(S(=O)(=O)O)ccc2[nH]c(-c3ccccc3)nc12. The van der Waals surface area contributed by atoms with E-state index in [1.165, 1.54) is 6.07 Å². The fourth-order valence-electron chi connectivity index (χ4n) is 3.62. The Balaban J connectivity index is 2.18. The summed E-state index contributed by atoms with van der Waals surface area (Å²) in [5.41, 5.74) is 2.98. The molecule has 1 heterocycles. The number of unbranched alkanes of at least 4 members (excludes halogenated alkanes) is 2. The van der Waals surface area contributed by atoms with Gasteiger partial charge in [0.25, 0.3) is 10.1 Å². The minimum absolute atomic E-state index is 0.0236. The molecule has 3 rings (SSSR count). The fraction of sp³-hybridized carbons (Fsp3) is 0.381. The van der Waals surface area contributed by atoms with Gasteiger partial charge in [0, 0.05) is 11.1 Å². The normalized spacial score (nSPS) is 13.1. The molecule has 0 saturated heterocycles. The summed E-state index contributed by atoms with van der Waals surface area (Å²) in [5, 5.41) is 0. The van der Waals surface area contributed by atoms with Crippen molar-refractivity contribution in [1.82, 2.24) is 9.97 Å². The molecule has 1 unspecified atom stereocenters. The fourth-order valence-corrected chi connectivity index (χ4v) is 4.40. The molecule has 2 aromatic carbocycles. The summed E-state index contributed by atoms with van der Waals surface area (Å²) in [6.07, 6.45) is 4.89. The molecule has 2 N–H and O–H groups in total. The van der Waals surface area contributed by atoms with Crippen molar-refractivity contribution < 1.29 is 13.0 Å². The lowest BCUT2D eigenvalue weighted by Crippen LogP contribution is -2.08. The number of rotatable bonds is 8. The predicted octanol–water partition coefficient (Wildman–Crippen LogP) is 5.55. The molecule has 5 nitrogen and oxygen atoms in total. The van der Waals surface area contributed by atoms with Crippen LogP contribution >= 0.6 is 0 Å². The Hall–Kier alpha value is -2.18. The molecule has 0 fully saturated rings. The van der Waals surface area contributed by atoms with Gasteiger partial charge in [0.15, 0.2) is 0 Å². The number of aromatic nitrogens is 2. The summed E-state index contributed by atoms with van der Waals surface area (Å²) in [7, 11) is -4.32. The third kappa shape index (κ3) is 4.22. The van der Waals surface area contributed by atoms with Crippen LogP contribution < -0.4 is 0 Å². The first-order valence-corrected chi connectivity index (χ1v) is 10.9. The van der Waals surface area contributed by atoms with Crippen molar-refractivity contribution in [2.24, 2.45) is 0 Å². The molecule has 0 amide bonds. The van der Waals surface area contributed by atoms with E-state index >= 15 is 0 Å². The van der Waals surface area contributed by atoms with Crippen LogP contribution in [0, 0.1) is 0 Å². The van der Waals surface area contributed by atoms with Gasteiger partial charge < -0.3 is 4.98 Å². The van der Waals surface area contributed by atoms with Crippen LogP contribution in [0.2, 0.25) is 0 Å². The van der Waals surface area contributed by atoms with Crippen molar-refractivity contribution >= 4 is 21.2 Å². The van der Waals surface area contributed by atoms with Crippen molar-refractivity contribution in [1.29, 1.82) is 0 Å². The Morgan fingerprint density at radius 1 is 1.07 bits per heavy atom. The molecular weight excluding hydrogens is 360 g/mol. The maximum atomic E-state index is 12.0. The second-order valence-corrected chi connectivity index (χ2v) is 8.29. The van der Waals surface area contributed by atoms with Crippen LogP contribution in [0.5, 0.6) is 0 Å². The average molecular weight is 387 g/mol. The van der Waals surface area contributed by atoms with Gasteiger partial charge in [0.05, 0.1) is 15.9 Å². The third-order valence-electron chi connectivity index (χ3n) is 5.04. The summed E-state index contributed by atoms with van der Waals surface area (Å²) in [5.74, 6) is 0.729. The predicted molar refractivity (Wildman–Crippen MR) is 109 cm³/mol. The first kappa shape index (κ1) is 19.6. The van der Waals surface area contributed by atoms with Crippen molar-refractivity contribution in [3.05, 3.63) is 48.0 Å². The van der Waals surface area contributed by atoms with Gasteiger partial charge in [0.2, 0.25) is 0 Å². The topological polar surface area (TPSA) is 83.0 Å². The number of H-pyrrole nitrogens is 1. The van der Waals surface area contributed by atoms with E-state index in [0.29, 0.717) is 16.9 Å². The third-order valence-corrected chi connectivity index (χ3v) is 5.95. The van der Waals surface area contributed by atoms with Crippen LogP contribution in [0.1, 0.15) is 57.4 Å². The van der Waals surface area contributed by atoms with Crippen molar-refractivity contribution in [2.45, 2.75) is 56.8 Å². The zero-order valence-electron chi connectivity index (χ0n) is 15.8. The Morgan fingerprint density at radius 2 is 1.81 bits per heavy atom. The molecular formula is C21H26N2O3S. The van der Waals surface area contributed by atoms with Crippen LogP contribution in [-0.2, 0) is 10.1 Å². The van der Waals surface area contributed by atoms with E-state index in [1.54, 1.807) is 6.07 Å². The maximum absolute atomic E-state index is 12.0. The zero-order valence-corrected chi connectivity index (χ0v) is 16.6. The Kier molecular flexibility index (Phi) is 5.97. The summed E-state index contributed by atoms with van der Waals surface area (Å²) < 4.78 is 33.9. The van der Waals surface area contributed by atoms with Crippen LogP contribution in [-0.4, -0.2) is 22.9 Å². The zero-order chi connectivity index (χ0) is 19.4. The van der Waals surface area contributed by atoms with Gasteiger partial charge >= 0.3 is 0 Å². The molecule has 144 valence electrons. The van der Waals surface area contributed by atoms with Crippen LogP contribution in [0.3, 0.4) is 0 Å². The van der Waals surface area contributed by atoms with E-state index in [9.17, 15) is 13.0 Å². The van der Waals surface area contributed by atoms with E-state index in [2.05, 4.69) is 11.9 Å². The first-order valence-electron chi connectivity index (χ1n) is 9.51. The van der Waals surface area contributed by atoms with E-state index < -0.39 is 10.1 Å². The first-order chi connectivity index (χ1) is 13.0. The van der Waals surface area contributed by atoms with Gasteiger partial charge in [-0.2, -0.15) is 8.42 Å². The van der Waals surface area contributed by atoms with Gasteiger partial charge in [-0.15, -0.1) is 0 Å². The lowest BCUT2D eigenvalue weighted by atomic mass is 9.90. The van der Waals surface area contributed by atoms with Gasteiger partial charge in [-0.25, -0.2) is 4.98 Å².